The van der Waals surface area contributed by atoms with E-state index in [4.69, 9.17) is 0 Å². The van der Waals surface area contributed by atoms with E-state index in [0.717, 1.165) is 4.47 Å². The standard InChI is InChI=1S/C24H15BrSi/c25-16-13-14-24-20(15-16)19-9-3-6-12-23(19)26(24)21-10-4-1-7-17(21)18-8-2-5-11-22(18)26/h1-15H. The zero-order valence-corrected chi connectivity index (χ0v) is 16.6. The first-order valence-electron chi connectivity index (χ1n) is 8.91. The first-order chi connectivity index (χ1) is 12.8. The summed E-state index contributed by atoms with van der Waals surface area (Å²) in [6.07, 6.45) is 0. The molecule has 0 aromatic heterocycles. The molecule has 4 aromatic rings. The second kappa shape index (κ2) is 5.06. The van der Waals surface area contributed by atoms with Crippen molar-refractivity contribution in [2.75, 3.05) is 0 Å². The number of hydrogen-bond donors (Lipinski definition) is 0. The van der Waals surface area contributed by atoms with Gasteiger partial charge in [-0.3, -0.25) is 0 Å². The molecule has 0 atom stereocenters. The zero-order valence-electron chi connectivity index (χ0n) is 14.0. The molecule has 0 bridgehead atoms. The monoisotopic (exact) mass is 410 g/mol. The van der Waals surface area contributed by atoms with Crippen LogP contribution in [0.4, 0.5) is 0 Å². The molecule has 122 valence electrons. The maximum absolute atomic E-state index is 3.69. The summed E-state index contributed by atoms with van der Waals surface area (Å²) < 4.78 is 1.15. The molecular weight excluding hydrogens is 396 g/mol. The lowest BCUT2D eigenvalue weighted by Crippen LogP contribution is -2.70. The van der Waals surface area contributed by atoms with Crippen molar-refractivity contribution in [1.82, 2.24) is 0 Å². The Morgan fingerprint density at radius 2 is 0.885 bits per heavy atom. The molecule has 0 fully saturated rings. The van der Waals surface area contributed by atoms with Gasteiger partial charge in [0.25, 0.3) is 0 Å². The van der Waals surface area contributed by atoms with E-state index in [1.54, 1.807) is 0 Å². The molecule has 0 N–H and O–H groups in total. The van der Waals surface area contributed by atoms with Gasteiger partial charge in [-0.1, -0.05) is 94.8 Å². The van der Waals surface area contributed by atoms with Gasteiger partial charge < -0.3 is 0 Å². The zero-order chi connectivity index (χ0) is 17.3. The highest BCUT2D eigenvalue weighted by atomic mass is 79.9. The Morgan fingerprint density at radius 1 is 0.462 bits per heavy atom. The molecular formula is C24H15BrSi. The van der Waals surface area contributed by atoms with E-state index in [1.807, 2.05) is 0 Å². The molecule has 0 saturated heterocycles. The third-order valence-corrected chi connectivity index (χ3v) is 11.4. The maximum Gasteiger partial charge on any atom is 0.182 e. The smallest absolute Gasteiger partial charge is 0.0623 e. The first-order valence-corrected chi connectivity index (χ1v) is 11.7. The van der Waals surface area contributed by atoms with Gasteiger partial charge in [0.05, 0.1) is 0 Å². The minimum Gasteiger partial charge on any atom is -0.0623 e. The fourth-order valence-electron chi connectivity index (χ4n) is 5.07. The van der Waals surface area contributed by atoms with Crippen LogP contribution in [-0.4, -0.2) is 8.07 Å². The molecule has 0 unspecified atom stereocenters. The molecule has 2 heteroatoms. The maximum atomic E-state index is 3.69. The third kappa shape index (κ3) is 1.60. The minimum atomic E-state index is -2.20. The van der Waals surface area contributed by atoms with Gasteiger partial charge in [0, 0.05) is 4.47 Å². The average Bonchev–Trinajstić information content (AvgIpc) is 3.15. The molecule has 0 nitrogen and oxygen atoms in total. The van der Waals surface area contributed by atoms with Gasteiger partial charge in [0.1, 0.15) is 0 Å². The molecule has 4 aromatic carbocycles. The highest BCUT2D eigenvalue weighted by Crippen LogP contribution is 2.36. The number of fused-ring (bicyclic) bond motifs is 10. The van der Waals surface area contributed by atoms with Crippen LogP contribution in [0.15, 0.2) is 95.5 Å². The number of halogens is 1. The fraction of sp³-hybridized carbons (Fsp3) is 0. The van der Waals surface area contributed by atoms with Crippen LogP contribution >= 0.6 is 15.9 Å². The van der Waals surface area contributed by atoms with E-state index in [0.29, 0.717) is 0 Å². The van der Waals surface area contributed by atoms with Gasteiger partial charge in [-0.05, 0) is 55.1 Å². The van der Waals surface area contributed by atoms with Crippen LogP contribution in [0, 0.1) is 0 Å². The molecule has 1 spiro atoms. The lowest BCUT2D eigenvalue weighted by atomic mass is 10.1. The van der Waals surface area contributed by atoms with E-state index < -0.39 is 8.07 Å². The second-order valence-electron chi connectivity index (χ2n) is 7.08. The van der Waals surface area contributed by atoms with E-state index >= 15 is 0 Å². The highest BCUT2D eigenvalue weighted by molar-refractivity contribution is 9.10. The molecule has 6 rings (SSSR count). The largest absolute Gasteiger partial charge is 0.182 e. The van der Waals surface area contributed by atoms with Gasteiger partial charge in [-0.25, -0.2) is 0 Å². The van der Waals surface area contributed by atoms with Crippen LogP contribution in [0.1, 0.15) is 0 Å². The summed E-state index contributed by atoms with van der Waals surface area (Å²) in [7, 11) is -2.20. The van der Waals surface area contributed by atoms with Crippen LogP contribution < -0.4 is 20.7 Å². The van der Waals surface area contributed by atoms with Crippen molar-refractivity contribution in [3.8, 4) is 22.3 Å². The quantitative estimate of drug-likeness (QED) is 0.334. The summed E-state index contributed by atoms with van der Waals surface area (Å²) in [5.74, 6) is 0. The molecule has 2 aliphatic rings. The van der Waals surface area contributed by atoms with Crippen molar-refractivity contribution in [3.63, 3.8) is 0 Å². The predicted octanol–water partition coefficient (Wildman–Crippen LogP) is 3.79. The lowest BCUT2D eigenvalue weighted by Gasteiger charge is -2.27. The number of rotatable bonds is 0. The Labute approximate surface area is 162 Å². The molecule has 0 saturated carbocycles. The van der Waals surface area contributed by atoms with E-state index in [1.165, 1.54) is 43.0 Å². The normalized spacial score (nSPS) is 14.7. The molecule has 0 amide bonds. The molecule has 26 heavy (non-hydrogen) atoms. The predicted molar refractivity (Wildman–Crippen MR) is 116 cm³/mol. The Hall–Kier alpha value is -2.42. The van der Waals surface area contributed by atoms with Gasteiger partial charge >= 0.3 is 0 Å². The summed E-state index contributed by atoms with van der Waals surface area (Å²) >= 11 is 3.69. The summed E-state index contributed by atoms with van der Waals surface area (Å²) in [5, 5.41) is 6.13. The van der Waals surface area contributed by atoms with Crippen molar-refractivity contribution < 1.29 is 0 Å². The van der Waals surface area contributed by atoms with Gasteiger partial charge in [0.2, 0.25) is 0 Å². The lowest BCUT2D eigenvalue weighted by molar-refractivity contribution is 1.67. The van der Waals surface area contributed by atoms with E-state index in [9.17, 15) is 0 Å². The van der Waals surface area contributed by atoms with Crippen LogP contribution in [0.25, 0.3) is 22.3 Å². The Balaban J connectivity index is 1.87. The van der Waals surface area contributed by atoms with Crippen molar-refractivity contribution in [1.29, 1.82) is 0 Å². The molecule has 2 heterocycles. The van der Waals surface area contributed by atoms with E-state index in [-0.39, 0.29) is 0 Å². The minimum absolute atomic E-state index is 1.15. The average molecular weight is 411 g/mol. The molecule has 0 radical (unpaired) electrons. The summed E-state index contributed by atoms with van der Waals surface area (Å²) in [4.78, 5) is 0. The van der Waals surface area contributed by atoms with E-state index in [2.05, 4.69) is 107 Å². The Morgan fingerprint density at radius 3 is 1.42 bits per heavy atom. The summed E-state index contributed by atoms with van der Waals surface area (Å²) in [5.41, 5.74) is 5.63. The SMILES string of the molecule is Brc1ccc2c(c1)-c1ccccc1[Si]21c2ccccc2-c2ccccc21. The van der Waals surface area contributed by atoms with Gasteiger partial charge in [-0.15, -0.1) is 0 Å². The highest BCUT2D eigenvalue weighted by Gasteiger charge is 2.53. The van der Waals surface area contributed by atoms with Crippen molar-refractivity contribution in [2.24, 2.45) is 0 Å². The van der Waals surface area contributed by atoms with Crippen molar-refractivity contribution >= 4 is 44.8 Å². The number of hydrogen-bond acceptors (Lipinski definition) is 0. The van der Waals surface area contributed by atoms with Crippen LogP contribution in [-0.2, 0) is 0 Å². The fourth-order valence-corrected chi connectivity index (χ4v) is 11.0. The summed E-state index contributed by atoms with van der Waals surface area (Å²) in [6, 6.07) is 34.0. The summed E-state index contributed by atoms with van der Waals surface area (Å²) in [6.45, 7) is 0. The topological polar surface area (TPSA) is 0 Å². The Bertz CT molecular complexity index is 1160. The Kier molecular flexibility index (Phi) is 2.86. The van der Waals surface area contributed by atoms with Crippen LogP contribution in [0.2, 0.25) is 0 Å². The third-order valence-electron chi connectivity index (χ3n) is 5.96. The van der Waals surface area contributed by atoms with Crippen LogP contribution in [0.3, 0.4) is 0 Å². The van der Waals surface area contributed by atoms with Crippen molar-refractivity contribution in [3.05, 3.63) is 95.5 Å². The van der Waals surface area contributed by atoms with Gasteiger partial charge in [-0.2, -0.15) is 0 Å². The molecule has 0 aliphatic carbocycles. The van der Waals surface area contributed by atoms with Crippen molar-refractivity contribution in [2.45, 2.75) is 0 Å². The van der Waals surface area contributed by atoms with Gasteiger partial charge in [0.15, 0.2) is 8.07 Å². The number of benzene rings is 4. The first kappa shape index (κ1) is 14.7. The second-order valence-corrected chi connectivity index (χ2v) is 11.6. The van der Waals surface area contributed by atoms with Crippen LogP contribution in [0.5, 0.6) is 0 Å². The molecule has 2 aliphatic heterocycles.